The van der Waals surface area contributed by atoms with Crippen molar-refractivity contribution in [2.45, 2.75) is 120 Å². The largest absolute Gasteiger partial charge is 0.231 e. The molecule has 0 aliphatic rings. The van der Waals surface area contributed by atoms with E-state index in [1.54, 1.807) is 8.87 Å². The van der Waals surface area contributed by atoms with Crippen LogP contribution in [0.2, 0.25) is 8.87 Å². The first-order valence-electron chi connectivity index (χ1n) is 11.0. The van der Waals surface area contributed by atoms with E-state index in [0.717, 1.165) is 25.0 Å². The Morgan fingerprint density at radius 1 is 0.690 bits per heavy atom. The quantitative estimate of drug-likeness (QED) is 0.0888. The van der Waals surface area contributed by atoms with Gasteiger partial charge in [-0.3, -0.25) is 4.79 Å². The molecular formula is C22H44N2O4Sn. The van der Waals surface area contributed by atoms with Crippen LogP contribution >= 0.6 is 0 Å². The summed E-state index contributed by atoms with van der Waals surface area (Å²) in [6.45, 7) is 6.81. The Kier molecular flexibility index (Phi) is 50.6. The second-order valence-electron chi connectivity index (χ2n) is 6.63. The molecule has 0 atom stereocenters. The van der Waals surface area contributed by atoms with Gasteiger partial charge in [0.1, 0.15) is 0 Å². The molecule has 7 heteroatoms. The summed E-state index contributed by atoms with van der Waals surface area (Å²) >= 11 is 0.149. The predicted octanol–water partition coefficient (Wildman–Crippen LogP) is 6.92. The number of carboxylic acids is 1. The molecule has 0 amide bonds. The van der Waals surface area contributed by atoms with Gasteiger partial charge < -0.3 is 5.11 Å². The molecule has 0 aromatic carbocycles. The fourth-order valence-electron chi connectivity index (χ4n) is 2.32. The SMILES string of the molecule is CCCCCCCCCCCC(=O)O.CCC[CH2][Sn][CH2]CCC.N=C=O.N=C=O. The van der Waals surface area contributed by atoms with Gasteiger partial charge in [0.25, 0.3) is 0 Å². The van der Waals surface area contributed by atoms with Crippen LogP contribution in [-0.4, -0.2) is 44.4 Å². The average molecular weight is 519 g/mol. The molecule has 170 valence electrons. The fourth-order valence-corrected chi connectivity index (χ4v) is 6.47. The van der Waals surface area contributed by atoms with Crippen molar-refractivity contribution in [2.24, 2.45) is 0 Å². The van der Waals surface area contributed by atoms with Crippen molar-refractivity contribution >= 4 is 39.3 Å². The maximum atomic E-state index is 10.2. The molecule has 0 aromatic rings. The summed E-state index contributed by atoms with van der Waals surface area (Å²) in [5.74, 6) is -0.659. The van der Waals surface area contributed by atoms with Gasteiger partial charge in [-0.05, 0) is 6.42 Å². The minimum Gasteiger partial charge on any atom is -0.222 e. The van der Waals surface area contributed by atoms with E-state index >= 15 is 0 Å². The summed E-state index contributed by atoms with van der Waals surface area (Å²) < 4.78 is 3.25. The molecule has 0 aliphatic heterocycles. The van der Waals surface area contributed by atoms with Crippen LogP contribution < -0.4 is 0 Å². The van der Waals surface area contributed by atoms with E-state index in [-0.39, 0.29) is 21.1 Å². The van der Waals surface area contributed by atoms with Gasteiger partial charge in [-0.15, -0.1) is 0 Å². The zero-order chi connectivity index (χ0) is 23.0. The average Bonchev–Trinajstić information content (AvgIpc) is 2.68. The molecule has 0 spiro atoms. The van der Waals surface area contributed by atoms with E-state index in [1.807, 2.05) is 0 Å². The minimum atomic E-state index is -0.659. The molecule has 0 aromatic heterocycles. The summed E-state index contributed by atoms with van der Waals surface area (Å²) in [7, 11) is 0. The molecule has 0 fully saturated rings. The van der Waals surface area contributed by atoms with Crippen LogP contribution in [-0.2, 0) is 14.4 Å². The van der Waals surface area contributed by atoms with Crippen LogP contribution in [0.4, 0.5) is 0 Å². The zero-order valence-electron chi connectivity index (χ0n) is 19.0. The van der Waals surface area contributed by atoms with Gasteiger partial charge in [0.15, 0.2) is 0 Å². The topological polar surface area (TPSA) is 119 Å². The molecule has 0 heterocycles. The van der Waals surface area contributed by atoms with Crippen molar-refractivity contribution in [3.05, 3.63) is 0 Å². The number of isocyanates is 2. The van der Waals surface area contributed by atoms with Crippen molar-refractivity contribution in [1.29, 1.82) is 10.8 Å². The third-order valence-corrected chi connectivity index (χ3v) is 7.94. The molecule has 3 N–H and O–H groups in total. The first-order valence-corrected chi connectivity index (χ1v) is 15.1. The van der Waals surface area contributed by atoms with Crippen molar-refractivity contribution in [3.8, 4) is 0 Å². The molecule has 0 aliphatic carbocycles. The third-order valence-electron chi connectivity index (χ3n) is 3.91. The Labute approximate surface area is 188 Å². The van der Waals surface area contributed by atoms with E-state index in [4.69, 9.17) is 25.5 Å². The number of nitrogens with one attached hydrogen (secondary N) is 2. The minimum absolute atomic E-state index is 0.149. The van der Waals surface area contributed by atoms with Crippen LogP contribution in [0, 0.1) is 10.8 Å². The first-order chi connectivity index (χ1) is 14.0. The maximum absolute atomic E-state index is 10.2. The van der Waals surface area contributed by atoms with E-state index in [9.17, 15) is 4.79 Å². The fraction of sp³-hybridized carbons (Fsp3) is 0.864. The van der Waals surface area contributed by atoms with Crippen molar-refractivity contribution < 1.29 is 19.5 Å². The van der Waals surface area contributed by atoms with E-state index in [1.165, 1.54) is 70.6 Å². The van der Waals surface area contributed by atoms with Gasteiger partial charge in [0.2, 0.25) is 12.2 Å². The van der Waals surface area contributed by atoms with E-state index in [2.05, 4.69) is 20.8 Å². The summed E-state index contributed by atoms with van der Waals surface area (Å²) in [5.41, 5.74) is 0. The molecular weight excluding hydrogens is 475 g/mol. The Morgan fingerprint density at radius 2 is 1.00 bits per heavy atom. The second-order valence-corrected chi connectivity index (χ2v) is 10.9. The van der Waals surface area contributed by atoms with Gasteiger partial charge in [-0.2, -0.15) is 0 Å². The number of carbonyl (C=O) groups excluding carboxylic acids is 2. The summed E-state index contributed by atoms with van der Waals surface area (Å²) in [6, 6.07) is 0. The number of unbranched alkanes of at least 4 members (excludes halogenated alkanes) is 10. The van der Waals surface area contributed by atoms with Gasteiger partial charge in [0, 0.05) is 6.42 Å². The number of hydrogen-bond donors (Lipinski definition) is 3. The van der Waals surface area contributed by atoms with E-state index in [0.29, 0.717) is 6.42 Å². The van der Waals surface area contributed by atoms with Crippen molar-refractivity contribution in [3.63, 3.8) is 0 Å². The van der Waals surface area contributed by atoms with Crippen LogP contribution in [0.15, 0.2) is 0 Å². The Morgan fingerprint density at radius 3 is 1.31 bits per heavy atom. The van der Waals surface area contributed by atoms with Gasteiger partial charge in [-0.25, -0.2) is 20.4 Å². The second kappa shape index (κ2) is 41.4. The molecule has 0 saturated carbocycles. The van der Waals surface area contributed by atoms with Crippen LogP contribution in [0.5, 0.6) is 0 Å². The van der Waals surface area contributed by atoms with Gasteiger partial charge in [0.05, 0.1) is 0 Å². The molecule has 0 bridgehead atoms. The summed E-state index contributed by atoms with van der Waals surface area (Å²) in [6.07, 6.45) is 18.8. The zero-order valence-corrected chi connectivity index (χ0v) is 21.8. The Bertz CT molecular complexity index is 350. The van der Waals surface area contributed by atoms with E-state index < -0.39 is 5.97 Å². The number of carbonyl (C=O) groups is 1. The van der Waals surface area contributed by atoms with Gasteiger partial charge >= 0.3 is 75.5 Å². The Balaban J connectivity index is -0.000000178. The number of hydrogen-bond acceptors (Lipinski definition) is 5. The van der Waals surface area contributed by atoms with Crippen molar-refractivity contribution in [2.75, 3.05) is 0 Å². The first kappa shape index (κ1) is 35.5. The monoisotopic (exact) mass is 520 g/mol. The molecule has 2 radical (unpaired) electrons. The standard InChI is InChI=1S/C12H24O2.2C4H9.2CHNO.Sn/c1-2-3-4-5-6-7-8-9-10-11-12(13)14;2*1-3-4-2;2*2-1-3;/h2-11H2,1H3,(H,13,14);2*1,3-4H2,2H3;2*2H;. The molecule has 0 rings (SSSR count). The number of rotatable bonds is 16. The molecule has 29 heavy (non-hydrogen) atoms. The number of aliphatic carboxylic acids is 1. The molecule has 6 nitrogen and oxygen atoms in total. The smallest absolute Gasteiger partial charge is 0.222 e. The van der Waals surface area contributed by atoms with Gasteiger partial charge in [-0.1, -0.05) is 58.3 Å². The Hall–Kier alpha value is -0.971. The molecule has 0 saturated heterocycles. The van der Waals surface area contributed by atoms with Crippen LogP contribution in [0.25, 0.3) is 0 Å². The third kappa shape index (κ3) is 65.9. The summed E-state index contributed by atoms with van der Waals surface area (Å²) in [5, 5.41) is 19.2. The van der Waals surface area contributed by atoms with Crippen molar-refractivity contribution in [1.82, 2.24) is 0 Å². The van der Waals surface area contributed by atoms with Crippen LogP contribution in [0.1, 0.15) is 111 Å². The summed E-state index contributed by atoms with van der Waals surface area (Å²) in [4.78, 5) is 26.9. The maximum Gasteiger partial charge on any atom is 0.231 e. The molecule has 0 unspecified atom stereocenters. The normalized spacial score (nSPS) is 8.66. The predicted molar refractivity (Wildman–Crippen MR) is 121 cm³/mol. The number of carboxylic acid groups (broad SMARTS) is 1. The van der Waals surface area contributed by atoms with Crippen LogP contribution in [0.3, 0.4) is 0 Å².